The molecule has 0 aliphatic carbocycles. The number of phenolic OH excluding ortho intramolecular Hbond substituents is 1. The summed E-state index contributed by atoms with van der Waals surface area (Å²) >= 11 is 5.56. The maximum Gasteiger partial charge on any atom is 0.275 e. The summed E-state index contributed by atoms with van der Waals surface area (Å²) in [6.45, 7) is 0. The van der Waals surface area contributed by atoms with Gasteiger partial charge in [-0.2, -0.15) is 0 Å². The first-order chi connectivity index (χ1) is 8.16. The van der Waals surface area contributed by atoms with Crippen molar-refractivity contribution in [3.8, 4) is 5.75 Å². The van der Waals surface area contributed by atoms with E-state index in [4.69, 9.17) is 11.6 Å². The van der Waals surface area contributed by atoms with Crippen LogP contribution in [0.4, 0.5) is 5.69 Å². The molecule has 0 saturated heterocycles. The summed E-state index contributed by atoms with van der Waals surface area (Å²) in [7, 11) is 0. The number of para-hydroxylation sites is 2. The number of carbonyl (C=O) groups is 1. The smallest absolute Gasteiger partial charge is 0.275 e. The summed E-state index contributed by atoms with van der Waals surface area (Å²) < 4.78 is 0. The second kappa shape index (κ2) is 4.80. The first kappa shape index (κ1) is 11.3. The van der Waals surface area contributed by atoms with Crippen LogP contribution >= 0.6 is 11.6 Å². The molecule has 0 saturated carbocycles. The topological polar surface area (TPSA) is 75.1 Å². The zero-order valence-electron chi connectivity index (χ0n) is 8.59. The Labute approximate surface area is 102 Å². The molecule has 0 unspecified atom stereocenters. The van der Waals surface area contributed by atoms with E-state index in [1.54, 1.807) is 18.2 Å². The predicted octanol–water partition coefficient (Wildman–Crippen LogP) is 2.09. The minimum absolute atomic E-state index is 0.0113. The fourth-order valence-corrected chi connectivity index (χ4v) is 1.29. The van der Waals surface area contributed by atoms with E-state index in [0.29, 0.717) is 5.69 Å². The molecule has 0 atom stereocenters. The SMILES string of the molecule is O=C(Nc1ccccc1O)c1cnc(Cl)cn1. The standard InChI is InChI=1S/C11H8ClN3O2/c12-10-6-13-8(5-14-10)11(17)15-7-3-1-2-4-9(7)16/h1-6,16H,(H,15,17). The van der Waals surface area contributed by atoms with Gasteiger partial charge in [-0.25, -0.2) is 9.97 Å². The number of anilines is 1. The maximum absolute atomic E-state index is 11.7. The van der Waals surface area contributed by atoms with Gasteiger partial charge in [0.15, 0.2) is 0 Å². The first-order valence-electron chi connectivity index (χ1n) is 4.74. The van der Waals surface area contributed by atoms with Gasteiger partial charge >= 0.3 is 0 Å². The number of aromatic nitrogens is 2. The number of amides is 1. The van der Waals surface area contributed by atoms with Gasteiger partial charge < -0.3 is 10.4 Å². The van der Waals surface area contributed by atoms with Crippen molar-refractivity contribution in [2.45, 2.75) is 0 Å². The molecule has 0 radical (unpaired) electrons. The Balaban J connectivity index is 2.17. The Kier molecular flexibility index (Phi) is 3.20. The fraction of sp³-hybridized carbons (Fsp3) is 0. The van der Waals surface area contributed by atoms with Crippen LogP contribution in [0.15, 0.2) is 36.7 Å². The van der Waals surface area contributed by atoms with E-state index in [-0.39, 0.29) is 16.6 Å². The van der Waals surface area contributed by atoms with Crippen molar-refractivity contribution in [1.29, 1.82) is 0 Å². The van der Waals surface area contributed by atoms with Gasteiger partial charge in [0.25, 0.3) is 5.91 Å². The highest BCUT2D eigenvalue weighted by atomic mass is 35.5. The first-order valence-corrected chi connectivity index (χ1v) is 5.11. The highest BCUT2D eigenvalue weighted by Gasteiger charge is 2.09. The van der Waals surface area contributed by atoms with E-state index in [2.05, 4.69) is 15.3 Å². The van der Waals surface area contributed by atoms with Crippen LogP contribution in [0.2, 0.25) is 5.15 Å². The van der Waals surface area contributed by atoms with Crippen molar-refractivity contribution < 1.29 is 9.90 Å². The zero-order chi connectivity index (χ0) is 12.3. The third-order valence-corrected chi connectivity index (χ3v) is 2.20. The number of benzene rings is 1. The van der Waals surface area contributed by atoms with Crippen molar-refractivity contribution in [3.63, 3.8) is 0 Å². The molecule has 17 heavy (non-hydrogen) atoms. The summed E-state index contributed by atoms with van der Waals surface area (Å²) in [6, 6.07) is 6.41. The number of aromatic hydroxyl groups is 1. The molecule has 0 aliphatic rings. The van der Waals surface area contributed by atoms with Gasteiger partial charge in [-0.15, -0.1) is 0 Å². The monoisotopic (exact) mass is 249 g/mol. The molecule has 5 nitrogen and oxygen atoms in total. The average molecular weight is 250 g/mol. The highest BCUT2D eigenvalue weighted by Crippen LogP contribution is 2.21. The number of carbonyl (C=O) groups excluding carboxylic acids is 1. The van der Waals surface area contributed by atoms with E-state index in [9.17, 15) is 9.90 Å². The van der Waals surface area contributed by atoms with Crippen LogP contribution in [0.5, 0.6) is 5.75 Å². The van der Waals surface area contributed by atoms with Crippen molar-refractivity contribution in [2.24, 2.45) is 0 Å². The molecule has 0 aliphatic heterocycles. The van der Waals surface area contributed by atoms with Gasteiger partial charge in [0, 0.05) is 0 Å². The number of halogens is 1. The van der Waals surface area contributed by atoms with E-state index in [0.717, 1.165) is 0 Å². The van der Waals surface area contributed by atoms with Gasteiger partial charge in [0.05, 0.1) is 18.1 Å². The molecule has 0 fully saturated rings. The maximum atomic E-state index is 11.7. The molecule has 1 amide bonds. The third kappa shape index (κ3) is 2.70. The fourth-order valence-electron chi connectivity index (χ4n) is 1.20. The minimum Gasteiger partial charge on any atom is -0.506 e. The lowest BCUT2D eigenvalue weighted by Gasteiger charge is -2.05. The molecule has 2 aromatic rings. The van der Waals surface area contributed by atoms with Gasteiger partial charge in [-0.3, -0.25) is 4.79 Å². The lowest BCUT2D eigenvalue weighted by atomic mass is 10.3. The number of nitrogens with zero attached hydrogens (tertiary/aromatic N) is 2. The van der Waals surface area contributed by atoms with Gasteiger partial charge in [-0.1, -0.05) is 23.7 Å². The summed E-state index contributed by atoms with van der Waals surface area (Å²) in [4.78, 5) is 19.3. The van der Waals surface area contributed by atoms with Crippen molar-refractivity contribution in [3.05, 3.63) is 47.5 Å². The number of hydrogen-bond donors (Lipinski definition) is 2. The molecule has 86 valence electrons. The van der Waals surface area contributed by atoms with Crippen LogP contribution in [0.25, 0.3) is 0 Å². The Bertz CT molecular complexity index is 543. The average Bonchev–Trinajstić information content (AvgIpc) is 2.33. The Morgan fingerprint density at radius 3 is 2.65 bits per heavy atom. The largest absolute Gasteiger partial charge is 0.506 e. The molecular formula is C11H8ClN3O2. The number of phenols is 1. The molecule has 2 N–H and O–H groups in total. The Morgan fingerprint density at radius 1 is 1.24 bits per heavy atom. The molecular weight excluding hydrogens is 242 g/mol. The number of nitrogens with one attached hydrogen (secondary N) is 1. The second-order valence-electron chi connectivity index (χ2n) is 3.20. The zero-order valence-corrected chi connectivity index (χ0v) is 9.35. The minimum atomic E-state index is -0.462. The van der Waals surface area contributed by atoms with Crippen LogP contribution in [-0.2, 0) is 0 Å². The van der Waals surface area contributed by atoms with Crippen LogP contribution in [-0.4, -0.2) is 21.0 Å². The number of hydrogen-bond acceptors (Lipinski definition) is 4. The van der Waals surface area contributed by atoms with Crippen molar-refractivity contribution in [2.75, 3.05) is 5.32 Å². The molecule has 1 heterocycles. The summed E-state index contributed by atoms with van der Waals surface area (Å²) in [5.41, 5.74) is 0.437. The quantitative estimate of drug-likeness (QED) is 0.799. The normalized spacial score (nSPS) is 9.94. The van der Waals surface area contributed by atoms with Crippen molar-refractivity contribution >= 4 is 23.2 Å². The van der Waals surface area contributed by atoms with Crippen LogP contribution in [0.3, 0.4) is 0 Å². The second-order valence-corrected chi connectivity index (χ2v) is 3.58. The molecule has 2 rings (SSSR count). The highest BCUT2D eigenvalue weighted by molar-refractivity contribution is 6.29. The van der Waals surface area contributed by atoms with Crippen molar-refractivity contribution in [1.82, 2.24) is 9.97 Å². The van der Waals surface area contributed by atoms with Crippen LogP contribution in [0.1, 0.15) is 10.5 Å². The van der Waals surface area contributed by atoms with E-state index < -0.39 is 5.91 Å². The lowest BCUT2D eigenvalue weighted by Crippen LogP contribution is -2.13. The molecule has 6 heteroatoms. The van der Waals surface area contributed by atoms with Crippen LogP contribution < -0.4 is 5.32 Å². The van der Waals surface area contributed by atoms with E-state index in [1.807, 2.05) is 0 Å². The molecule has 1 aromatic carbocycles. The van der Waals surface area contributed by atoms with E-state index >= 15 is 0 Å². The lowest BCUT2D eigenvalue weighted by molar-refractivity contribution is 0.102. The number of rotatable bonds is 2. The summed E-state index contributed by atoms with van der Waals surface area (Å²) in [5.74, 6) is -0.474. The predicted molar refractivity (Wildman–Crippen MR) is 63.1 cm³/mol. The van der Waals surface area contributed by atoms with E-state index in [1.165, 1.54) is 18.5 Å². The third-order valence-electron chi connectivity index (χ3n) is 2.01. The summed E-state index contributed by atoms with van der Waals surface area (Å²) in [6.07, 6.45) is 2.54. The molecule has 1 aromatic heterocycles. The Morgan fingerprint density at radius 2 is 2.00 bits per heavy atom. The summed E-state index contributed by atoms with van der Waals surface area (Å²) in [5, 5.41) is 12.2. The van der Waals surface area contributed by atoms with Gasteiger partial charge in [0.1, 0.15) is 16.6 Å². The Hall–Kier alpha value is -2.14. The van der Waals surface area contributed by atoms with Gasteiger partial charge in [0.2, 0.25) is 0 Å². The molecule has 0 spiro atoms. The van der Waals surface area contributed by atoms with Gasteiger partial charge in [-0.05, 0) is 12.1 Å². The van der Waals surface area contributed by atoms with Crippen LogP contribution in [0, 0.1) is 0 Å². The molecule has 0 bridgehead atoms.